The van der Waals surface area contributed by atoms with Gasteiger partial charge in [0, 0.05) is 19.2 Å². The minimum atomic E-state index is -4.87. The minimum Gasteiger partial charge on any atom is -0.469 e. The van der Waals surface area contributed by atoms with Crippen molar-refractivity contribution >= 4 is 23.4 Å². The maximum Gasteiger partial charge on any atom is 0.573 e. The number of amides is 2. The molecule has 0 saturated heterocycles. The summed E-state index contributed by atoms with van der Waals surface area (Å²) in [5, 5.41) is 9.03. The van der Waals surface area contributed by atoms with E-state index in [2.05, 4.69) is 25.5 Å². The lowest BCUT2D eigenvalue weighted by molar-refractivity contribution is -0.274. The lowest BCUT2D eigenvalue weighted by Gasteiger charge is -2.30. The van der Waals surface area contributed by atoms with Gasteiger partial charge in [-0.15, -0.1) is 13.2 Å². The third-order valence-corrected chi connectivity index (χ3v) is 6.47. The van der Waals surface area contributed by atoms with Gasteiger partial charge in [0.15, 0.2) is 11.5 Å². The highest BCUT2D eigenvalue weighted by molar-refractivity contribution is 5.98. The number of nitrogens with zero attached hydrogens (tertiary/aromatic N) is 3. The van der Waals surface area contributed by atoms with Crippen molar-refractivity contribution in [3.63, 3.8) is 0 Å². The summed E-state index contributed by atoms with van der Waals surface area (Å²) in [6.07, 6.45) is -0.610. The summed E-state index contributed by atoms with van der Waals surface area (Å²) in [4.78, 5) is 41.8. The van der Waals surface area contributed by atoms with E-state index < -0.39 is 35.2 Å². The number of alkyl halides is 3. The van der Waals surface area contributed by atoms with E-state index in [0.29, 0.717) is 24.8 Å². The summed E-state index contributed by atoms with van der Waals surface area (Å²) in [5.74, 6) is -3.07. The summed E-state index contributed by atoms with van der Waals surface area (Å²) in [5.41, 5.74) is -0.263. The molecule has 0 spiro atoms. The average Bonchev–Trinajstić information content (AvgIpc) is 3.30. The van der Waals surface area contributed by atoms with Gasteiger partial charge in [-0.2, -0.15) is 5.10 Å². The van der Waals surface area contributed by atoms with Gasteiger partial charge in [0.1, 0.15) is 17.1 Å². The van der Waals surface area contributed by atoms with Crippen LogP contribution in [0.5, 0.6) is 5.75 Å². The van der Waals surface area contributed by atoms with Crippen molar-refractivity contribution in [2.45, 2.75) is 39.1 Å². The maximum atomic E-state index is 14.3. The van der Waals surface area contributed by atoms with Crippen LogP contribution in [-0.4, -0.2) is 52.4 Å². The molecule has 1 atom stereocenters. The number of methoxy groups -OCH3 is 1. The lowest BCUT2D eigenvalue weighted by Crippen LogP contribution is -2.33. The number of fused-ring (bicyclic) bond motifs is 1. The van der Waals surface area contributed by atoms with E-state index in [1.54, 1.807) is 0 Å². The quantitative estimate of drug-likeness (QED) is 0.243. The molecule has 1 unspecified atom stereocenters. The second-order valence-electron chi connectivity index (χ2n) is 9.43. The van der Waals surface area contributed by atoms with Crippen molar-refractivity contribution in [3.05, 3.63) is 70.9 Å². The number of nitrogens with one attached hydrogen (secondary N) is 2. The summed E-state index contributed by atoms with van der Waals surface area (Å²) >= 11 is 0. The van der Waals surface area contributed by atoms with Crippen LogP contribution in [0.25, 0.3) is 5.65 Å². The number of ether oxygens (including phenoxy) is 2. The first-order valence-corrected chi connectivity index (χ1v) is 12.1. The number of hydrogen-bond donors (Lipinski definition) is 2. The van der Waals surface area contributed by atoms with Crippen LogP contribution in [0.1, 0.15) is 52.7 Å². The molecule has 0 bridgehead atoms. The van der Waals surface area contributed by atoms with Crippen LogP contribution in [0.4, 0.5) is 17.6 Å². The van der Waals surface area contributed by atoms with Crippen molar-refractivity contribution in [1.82, 2.24) is 25.2 Å². The molecule has 2 amide bonds. The van der Waals surface area contributed by atoms with Crippen LogP contribution in [0.3, 0.4) is 0 Å². The molecular weight excluding hydrogens is 538 g/mol. The van der Waals surface area contributed by atoms with Crippen molar-refractivity contribution in [2.24, 2.45) is 5.41 Å². The molecule has 1 aromatic carbocycles. The molecule has 1 aliphatic carbocycles. The number of carbonyl (C=O) groups is 3. The highest BCUT2D eigenvalue weighted by Gasteiger charge is 2.35. The summed E-state index contributed by atoms with van der Waals surface area (Å²) in [6.45, 7) is 1.77. The third kappa shape index (κ3) is 6.55. The fourth-order valence-electron chi connectivity index (χ4n) is 4.23. The number of halogens is 4. The van der Waals surface area contributed by atoms with E-state index in [0.717, 1.165) is 34.5 Å². The van der Waals surface area contributed by atoms with E-state index >= 15 is 0 Å². The molecule has 0 radical (unpaired) electrons. The lowest BCUT2D eigenvalue weighted by atomic mass is 9.76. The Bertz CT molecular complexity index is 1490. The Morgan fingerprint density at radius 2 is 1.88 bits per heavy atom. The standard InChI is InChI=1S/C26H25F4N5O5/c1-25(24(38)39-2)8-6-15(7-9-25)12-32-23(37)20-11-19(34-21-18(27)14-33-35(20)21)22(36)31-13-16-4-3-5-17(10-16)40-26(28,29)30/h3-6,10-11,14H,7-9,12-13H2,1-2H3,(H,31,36)(H,32,37). The summed E-state index contributed by atoms with van der Waals surface area (Å²) in [6, 6.07) is 6.16. The molecule has 0 saturated carbocycles. The zero-order valence-corrected chi connectivity index (χ0v) is 21.5. The monoisotopic (exact) mass is 563 g/mol. The normalized spacial score (nSPS) is 17.2. The highest BCUT2D eigenvalue weighted by atomic mass is 19.4. The summed E-state index contributed by atoms with van der Waals surface area (Å²) in [7, 11) is 1.33. The van der Waals surface area contributed by atoms with Gasteiger partial charge in [0.05, 0.1) is 18.7 Å². The Morgan fingerprint density at radius 1 is 1.12 bits per heavy atom. The van der Waals surface area contributed by atoms with Crippen LogP contribution >= 0.6 is 0 Å². The Balaban J connectivity index is 1.47. The van der Waals surface area contributed by atoms with Crippen LogP contribution in [0.15, 0.2) is 48.2 Å². The zero-order valence-electron chi connectivity index (χ0n) is 21.5. The third-order valence-electron chi connectivity index (χ3n) is 6.47. The van der Waals surface area contributed by atoms with Crippen LogP contribution in [-0.2, 0) is 16.1 Å². The predicted molar refractivity (Wildman–Crippen MR) is 132 cm³/mol. The summed E-state index contributed by atoms with van der Waals surface area (Å²) < 4.78 is 61.5. The van der Waals surface area contributed by atoms with Crippen molar-refractivity contribution in [1.29, 1.82) is 0 Å². The van der Waals surface area contributed by atoms with E-state index in [-0.39, 0.29) is 36.1 Å². The molecule has 4 rings (SSSR count). The number of carbonyl (C=O) groups excluding carboxylic acids is 3. The van der Waals surface area contributed by atoms with E-state index in [1.807, 2.05) is 13.0 Å². The number of benzene rings is 1. The van der Waals surface area contributed by atoms with Gasteiger partial charge in [-0.25, -0.2) is 13.9 Å². The molecular formula is C26H25F4N5O5. The molecule has 14 heteroatoms. The molecule has 1 aliphatic rings. The molecule has 0 aliphatic heterocycles. The fourth-order valence-corrected chi connectivity index (χ4v) is 4.23. The van der Waals surface area contributed by atoms with E-state index in [4.69, 9.17) is 4.74 Å². The Kier molecular flexibility index (Phi) is 8.07. The van der Waals surface area contributed by atoms with Crippen LogP contribution < -0.4 is 15.4 Å². The molecule has 2 heterocycles. The van der Waals surface area contributed by atoms with Gasteiger partial charge in [-0.3, -0.25) is 14.4 Å². The number of rotatable bonds is 8. The van der Waals surface area contributed by atoms with Crippen LogP contribution in [0.2, 0.25) is 0 Å². The maximum absolute atomic E-state index is 14.3. The van der Waals surface area contributed by atoms with Crippen LogP contribution in [0, 0.1) is 11.2 Å². The Labute approximate surface area is 225 Å². The first-order chi connectivity index (χ1) is 18.9. The fraction of sp³-hybridized carbons (Fsp3) is 0.346. The van der Waals surface area contributed by atoms with E-state index in [1.165, 1.54) is 19.2 Å². The van der Waals surface area contributed by atoms with Crippen molar-refractivity contribution in [3.8, 4) is 5.75 Å². The average molecular weight is 564 g/mol. The number of aromatic nitrogens is 3. The van der Waals surface area contributed by atoms with E-state index in [9.17, 15) is 31.9 Å². The molecule has 3 aromatic rings. The predicted octanol–water partition coefficient (Wildman–Crippen LogP) is 3.72. The number of allylic oxidation sites excluding steroid dienone is 1. The second kappa shape index (κ2) is 11.3. The van der Waals surface area contributed by atoms with Gasteiger partial charge in [-0.05, 0) is 43.9 Å². The molecule has 40 heavy (non-hydrogen) atoms. The minimum absolute atomic E-state index is 0.154. The zero-order chi connectivity index (χ0) is 29.1. The first kappa shape index (κ1) is 28.5. The Hall–Kier alpha value is -4.49. The first-order valence-electron chi connectivity index (χ1n) is 12.1. The molecule has 2 aromatic heterocycles. The molecule has 2 N–H and O–H groups in total. The smallest absolute Gasteiger partial charge is 0.469 e. The van der Waals surface area contributed by atoms with Crippen molar-refractivity contribution < 1.29 is 41.4 Å². The number of esters is 1. The van der Waals surface area contributed by atoms with Gasteiger partial charge < -0.3 is 20.1 Å². The Morgan fingerprint density at radius 3 is 2.55 bits per heavy atom. The molecule has 212 valence electrons. The SMILES string of the molecule is COC(=O)C1(C)CC=C(CNC(=O)c2cc(C(=O)NCc3cccc(OC(F)(F)F)c3)nc3c(F)cnn23)CC1. The van der Waals surface area contributed by atoms with Crippen molar-refractivity contribution in [2.75, 3.05) is 13.7 Å². The molecule has 10 nitrogen and oxygen atoms in total. The number of hydrogen-bond acceptors (Lipinski definition) is 7. The molecule has 0 fully saturated rings. The second-order valence-corrected chi connectivity index (χ2v) is 9.43. The van der Waals surface area contributed by atoms with Gasteiger partial charge in [0.2, 0.25) is 0 Å². The van der Waals surface area contributed by atoms with Gasteiger partial charge in [-0.1, -0.05) is 23.8 Å². The topological polar surface area (TPSA) is 124 Å². The van der Waals surface area contributed by atoms with Gasteiger partial charge in [0.25, 0.3) is 11.8 Å². The van der Waals surface area contributed by atoms with Gasteiger partial charge >= 0.3 is 12.3 Å². The highest BCUT2D eigenvalue weighted by Crippen LogP contribution is 2.35. The largest absolute Gasteiger partial charge is 0.573 e.